The van der Waals surface area contributed by atoms with Crippen LogP contribution in [0.5, 0.6) is 5.75 Å². The van der Waals surface area contributed by atoms with Crippen LogP contribution < -0.4 is 15.7 Å². The molecule has 0 spiro atoms. The Morgan fingerprint density at radius 3 is 2.60 bits per heavy atom. The number of carbonyl (C=O) groups is 1. The summed E-state index contributed by atoms with van der Waals surface area (Å²) in [5.41, 5.74) is 3.98. The monoisotopic (exact) mass is 405 g/mol. The van der Waals surface area contributed by atoms with Crippen molar-refractivity contribution in [2.45, 2.75) is 33.6 Å². The quantitative estimate of drug-likeness (QED) is 0.449. The zero-order valence-corrected chi connectivity index (χ0v) is 17.7. The lowest BCUT2D eigenvalue weighted by Crippen LogP contribution is -2.29. The van der Waals surface area contributed by atoms with Crippen molar-refractivity contribution in [3.63, 3.8) is 0 Å². The van der Waals surface area contributed by atoms with Gasteiger partial charge < -0.3 is 14.5 Å². The second-order valence-electron chi connectivity index (χ2n) is 7.64. The molecular formula is C25H27NO4. The molecule has 0 aliphatic rings. The van der Waals surface area contributed by atoms with Crippen LogP contribution >= 0.6 is 0 Å². The zero-order valence-electron chi connectivity index (χ0n) is 17.7. The number of rotatable bonds is 8. The van der Waals surface area contributed by atoms with Crippen molar-refractivity contribution in [1.82, 2.24) is 5.32 Å². The van der Waals surface area contributed by atoms with E-state index in [1.807, 2.05) is 57.2 Å². The van der Waals surface area contributed by atoms with Gasteiger partial charge in [0.05, 0.1) is 17.4 Å². The molecule has 1 aromatic heterocycles. The highest BCUT2D eigenvalue weighted by atomic mass is 16.5. The molecule has 30 heavy (non-hydrogen) atoms. The van der Waals surface area contributed by atoms with Gasteiger partial charge in [-0.1, -0.05) is 36.9 Å². The van der Waals surface area contributed by atoms with Gasteiger partial charge in [0, 0.05) is 6.54 Å². The van der Waals surface area contributed by atoms with Crippen molar-refractivity contribution in [1.29, 1.82) is 0 Å². The average Bonchev–Trinajstić information content (AvgIpc) is 2.69. The number of amides is 1. The highest BCUT2D eigenvalue weighted by Gasteiger charge is 2.18. The SMILES string of the molecule is C=C(C)COc1cc(C)cc2oc(=O)c(CC(=O)NCCc3ccccc3)c(C)c12. The van der Waals surface area contributed by atoms with Crippen molar-refractivity contribution in [3.8, 4) is 5.75 Å². The van der Waals surface area contributed by atoms with Crippen molar-refractivity contribution < 1.29 is 13.9 Å². The third-order valence-corrected chi connectivity index (χ3v) is 4.88. The molecule has 2 aromatic carbocycles. The first-order valence-electron chi connectivity index (χ1n) is 10.00. The van der Waals surface area contributed by atoms with Gasteiger partial charge in [-0.15, -0.1) is 0 Å². The summed E-state index contributed by atoms with van der Waals surface area (Å²) in [6, 6.07) is 13.6. The Morgan fingerprint density at radius 1 is 1.17 bits per heavy atom. The molecule has 0 saturated carbocycles. The van der Waals surface area contributed by atoms with Crippen LogP contribution in [0.1, 0.15) is 29.2 Å². The van der Waals surface area contributed by atoms with Gasteiger partial charge in [0.25, 0.3) is 0 Å². The summed E-state index contributed by atoms with van der Waals surface area (Å²) in [4.78, 5) is 25.0. The maximum Gasteiger partial charge on any atom is 0.340 e. The summed E-state index contributed by atoms with van der Waals surface area (Å²) in [6.07, 6.45) is 0.697. The highest BCUT2D eigenvalue weighted by molar-refractivity contribution is 5.89. The molecule has 0 unspecified atom stereocenters. The lowest BCUT2D eigenvalue weighted by molar-refractivity contribution is -0.120. The molecule has 1 N–H and O–H groups in total. The standard InChI is InChI=1S/C25H27NO4/c1-16(2)15-29-21-12-17(3)13-22-24(21)18(4)20(25(28)30-22)14-23(27)26-11-10-19-8-6-5-7-9-19/h5-9,12-13H,1,10-11,14-15H2,2-4H3,(H,26,27). The molecule has 0 radical (unpaired) electrons. The van der Waals surface area contributed by atoms with Gasteiger partial charge in [-0.05, 0) is 61.6 Å². The lowest BCUT2D eigenvalue weighted by Gasteiger charge is -2.14. The van der Waals surface area contributed by atoms with E-state index >= 15 is 0 Å². The first-order valence-corrected chi connectivity index (χ1v) is 10.00. The minimum atomic E-state index is -0.491. The summed E-state index contributed by atoms with van der Waals surface area (Å²) in [6.45, 7) is 10.4. The Hall–Kier alpha value is -3.34. The molecule has 0 saturated heterocycles. The second-order valence-corrected chi connectivity index (χ2v) is 7.64. The lowest BCUT2D eigenvalue weighted by atomic mass is 10.0. The number of fused-ring (bicyclic) bond motifs is 1. The van der Waals surface area contributed by atoms with Crippen molar-refractivity contribution in [2.75, 3.05) is 13.2 Å². The minimum Gasteiger partial charge on any atom is -0.488 e. The first kappa shape index (κ1) is 21.4. The normalized spacial score (nSPS) is 10.8. The summed E-state index contributed by atoms with van der Waals surface area (Å²) >= 11 is 0. The summed E-state index contributed by atoms with van der Waals surface area (Å²) < 4.78 is 11.4. The van der Waals surface area contributed by atoms with Crippen LogP contribution in [0.4, 0.5) is 0 Å². The van der Waals surface area contributed by atoms with Gasteiger partial charge in [-0.3, -0.25) is 4.79 Å². The fourth-order valence-corrected chi connectivity index (χ4v) is 3.37. The van der Waals surface area contributed by atoms with Crippen LogP contribution in [0.15, 0.2) is 63.8 Å². The van der Waals surface area contributed by atoms with Crippen LogP contribution in [0.25, 0.3) is 11.0 Å². The van der Waals surface area contributed by atoms with E-state index in [0.29, 0.717) is 41.0 Å². The largest absolute Gasteiger partial charge is 0.488 e. The number of ether oxygens (including phenoxy) is 1. The van der Waals surface area contributed by atoms with E-state index in [4.69, 9.17) is 9.15 Å². The molecule has 1 amide bonds. The van der Waals surface area contributed by atoms with Crippen LogP contribution in [0.2, 0.25) is 0 Å². The van der Waals surface area contributed by atoms with E-state index in [0.717, 1.165) is 23.1 Å². The number of aryl methyl sites for hydroxylation is 2. The summed E-state index contributed by atoms with van der Waals surface area (Å²) in [5, 5.41) is 3.60. The maximum atomic E-state index is 12.6. The van der Waals surface area contributed by atoms with Crippen LogP contribution in [0, 0.1) is 13.8 Å². The number of benzene rings is 2. The minimum absolute atomic E-state index is 0.0350. The van der Waals surface area contributed by atoms with E-state index < -0.39 is 5.63 Å². The molecule has 1 heterocycles. The Labute approximate surface area is 176 Å². The van der Waals surface area contributed by atoms with E-state index in [1.165, 1.54) is 0 Å². The first-order chi connectivity index (χ1) is 14.3. The maximum absolute atomic E-state index is 12.6. The third-order valence-electron chi connectivity index (χ3n) is 4.88. The van der Waals surface area contributed by atoms with Crippen LogP contribution in [-0.2, 0) is 17.6 Å². The molecule has 3 rings (SSSR count). The molecule has 0 atom stereocenters. The van der Waals surface area contributed by atoms with Gasteiger partial charge in [0.15, 0.2) is 0 Å². The van der Waals surface area contributed by atoms with Gasteiger partial charge >= 0.3 is 5.63 Å². The van der Waals surface area contributed by atoms with Crippen molar-refractivity contribution in [2.24, 2.45) is 0 Å². The number of hydrogen-bond donors (Lipinski definition) is 1. The molecule has 0 aliphatic heterocycles. The topological polar surface area (TPSA) is 68.5 Å². The van der Waals surface area contributed by atoms with Crippen LogP contribution in [-0.4, -0.2) is 19.1 Å². The number of carbonyl (C=O) groups excluding carboxylic acids is 1. The molecule has 0 aliphatic carbocycles. The van der Waals surface area contributed by atoms with Crippen LogP contribution in [0.3, 0.4) is 0 Å². The molecule has 5 nitrogen and oxygen atoms in total. The molecular weight excluding hydrogens is 378 g/mol. The molecule has 5 heteroatoms. The molecule has 3 aromatic rings. The molecule has 156 valence electrons. The fourth-order valence-electron chi connectivity index (χ4n) is 3.37. The average molecular weight is 405 g/mol. The zero-order chi connectivity index (χ0) is 21.7. The number of hydrogen-bond acceptors (Lipinski definition) is 4. The fraction of sp³-hybridized carbons (Fsp3) is 0.280. The Morgan fingerprint density at radius 2 is 1.90 bits per heavy atom. The molecule has 0 fully saturated rings. The summed E-state index contributed by atoms with van der Waals surface area (Å²) in [5.74, 6) is 0.414. The predicted molar refractivity (Wildman–Crippen MR) is 119 cm³/mol. The predicted octanol–water partition coefficient (Wildman–Crippen LogP) is 4.27. The highest BCUT2D eigenvalue weighted by Crippen LogP contribution is 2.31. The second kappa shape index (κ2) is 9.44. The van der Waals surface area contributed by atoms with Gasteiger partial charge in [-0.25, -0.2) is 4.79 Å². The van der Waals surface area contributed by atoms with E-state index in [2.05, 4.69) is 11.9 Å². The number of nitrogens with one attached hydrogen (secondary N) is 1. The Kier molecular flexibility index (Phi) is 6.72. The summed E-state index contributed by atoms with van der Waals surface area (Å²) in [7, 11) is 0. The van der Waals surface area contributed by atoms with E-state index in [9.17, 15) is 9.59 Å². The molecule has 0 bridgehead atoms. The van der Waals surface area contributed by atoms with Crippen molar-refractivity contribution >= 4 is 16.9 Å². The van der Waals surface area contributed by atoms with Gasteiger partial charge in [0.2, 0.25) is 5.91 Å². The van der Waals surface area contributed by atoms with Gasteiger partial charge in [0.1, 0.15) is 17.9 Å². The Balaban J connectivity index is 1.82. The Bertz CT molecular complexity index is 1130. The van der Waals surface area contributed by atoms with E-state index in [1.54, 1.807) is 6.07 Å². The van der Waals surface area contributed by atoms with Crippen molar-refractivity contribution in [3.05, 3.63) is 87.3 Å². The smallest absolute Gasteiger partial charge is 0.340 e. The van der Waals surface area contributed by atoms with Gasteiger partial charge in [-0.2, -0.15) is 0 Å². The van der Waals surface area contributed by atoms with E-state index in [-0.39, 0.29) is 12.3 Å². The third kappa shape index (κ3) is 5.17.